The van der Waals surface area contributed by atoms with E-state index >= 15 is 0 Å². The summed E-state index contributed by atoms with van der Waals surface area (Å²) in [5.74, 6) is 0.473. The molecule has 1 N–H and O–H groups in total. The molecule has 0 radical (unpaired) electrons. The molecule has 0 aliphatic carbocycles. The molecular formula is C20H26F3N3O3. The van der Waals surface area contributed by atoms with Gasteiger partial charge in [-0.15, -0.1) is 0 Å². The predicted molar refractivity (Wildman–Crippen MR) is 101 cm³/mol. The Morgan fingerprint density at radius 3 is 2.28 bits per heavy atom. The number of amides is 3. The Balaban J connectivity index is 1.49. The largest absolute Gasteiger partial charge is 0.416 e. The Labute approximate surface area is 168 Å². The topological polar surface area (TPSA) is 61.9 Å². The van der Waals surface area contributed by atoms with Gasteiger partial charge in [0.2, 0.25) is 5.91 Å². The molecule has 6 nitrogen and oxygen atoms in total. The minimum atomic E-state index is -4.41. The second-order valence-electron chi connectivity index (χ2n) is 7.49. The number of benzene rings is 1. The lowest BCUT2D eigenvalue weighted by Gasteiger charge is -2.26. The first-order valence-corrected chi connectivity index (χ1v) is 9.91. The summed E-state index contributed by atoms with van der Waals surface area (Å²) in [7, 11) is 0. The van der Waals surface area contributed by atoms with Gasteiger partial charge < -0.3 is 19.9 Å². The minimum Gasteiger partial charge on any atom is -0.381 e. The van der Waals surface area contributed by atoms with Crippen molar-refractivity contribution < 1.29 is 27.5 Å². The maximum Gasteiger partial charge on any atom is 0.416 e. The van der Waals surface area contributed by atoms with Crippen molar-refractivity contribution in [2.24, 2.45) is 5.92 Å². The predicted octanol–water partition coefficient (Wildman–Crippen LogP) is 3.59. The lowest BCUT2D eigenvalue weighted by atomic mass is 9.96. The number of carbonyl (C=O) groups is 2. The van der Waals surface area contributed by atoms with Crippen LogP contribution in [0.4, 0.5) is 23.7 Å². The minimum absolute atomic E-state index is 0.113. The molecule has 2 heterocycles. The first-order valence-electron chi connectivity index (χ1n) is 9.91. The molecule has 0 saturated carbocycles. The number of anilines is 1. The highest BCUT2D eigenvalue weighted by Crippen LogP contribution is 2.29. The Hall–Kier alpha value is -2.29. The zero-order chi connectivity index (χ0) is 20.9. The second kappa shape index (κ2) is 9.47. The number of rotatable bonds is 3. The van der Waals surface area contributed by atoms with E-state index in [0.29, 0.717) is 63.8 Å². The van der Waals surface area contributed by atoms with E-state index in [1.54, 1.807) is 9.80 Å². The summed E-state index contributed by atoms with van der Waals surface area (Å²) in [5, 5.41) is 2.63. The molecule has 0 spiro atoms. The van der Waals surface area contributed by atoms with Crippen molar-refractivity contribution in [3.63, 3.8) is 0 Å². The van der Waals surface area contributed by atoms with Gasteiger partial charge in [-0.25, -0.2) is 4.79 Å². The summed E-state index contributed by atoms with van der Waals surface area (Å²) in [6, 6.07) is 3.98. The molecule has 2 fully saturated rings. The lowest BCUT2D eigenvalue weighted by molar-refractivity contribution is -0.137. The van der Waals surface area contributed by atoms with Crippen LogP contribution in [0.25, 0.3) is 0 Å². The number of urea groups is 1. The molecule has 2 aliphatic heterocycles. The average Bonchev–Trinajstić information content (AvgIpc) is 2.95. The van der Waals surface area contributed by atoms with Gasteiger partial charge in [-0.1, -0.05) is 0 Å². The third-order valence-electron chi connectivity index (χ3n) is 5.40. The van der Waals surface area contributed by atoms with E-state index in [1.807, 2.05) is 0 Å². The van der Waals surface area contributed by atoms with Gasteiger partial charge in [-0.2, -0.15) is 13.2 Å². The maximum atomic E-state index is 12.6. The average molecular weight is 413 g/mol. The number of carbonyl (C=O) groups excluding carboxylic acids is 2. The quantitative estimate of drug-likeness (QED) is 0.824. The molecule has 3 amide bonds. The fraction of sp³-hybridized carbons (Fsp3) is 0.600. The van der Waals surface area contributed by atoms with Crippen LogP contribution in [0.15, 0.2) is 24.3 Å². The number of hydrogen-bond donors (Lipinski definition) is 1. The van der Waals surface area contributed by atoms with Gasteiger partial charge in [0.25, 0.3) is 0 Å². The lowest BCUT2D eigenvalue weighted by Crippen LogP contribution is -2.39. The molecule has 0 unspecified atom stereocenters. The van der Waals surface area contributed by atoms with Gasteiger partial charge in [-0.05, 0) is 49.4 Å². The molecule has 0 aromatic heterocycles. The number of halogens is 3. The summed E-state index contributed by atoms with van der Waals surface area (Å²) >= 11 is 0. The van der Waals surface area contributed by atoms with Gasteiger partial charge in [-0.3, -0.25) is 4.79 Å². The molecule has 0 atom stereocenters. The van der Waals surface area contributed by atoms with E-state index in [1.165, 1.54) is 12.1 Å². The van der Waals surface area contributed by atoms with Crippen molar-refractivity contribution >= 4 is 17.6 Å². The van der Waals surface area contributed by atoms with E-state index in [0.717, 1.165) is 25.0 Å². The summed E-state index contributed by atoms with van der Waals surface area (Å²) in [5.41, 5.74) is -0.455. The van der Waals surface area contributed by atoms with Crippen LogP contribution in [0.2, 0.25) is 0 Å². The molecule has 1 aromatic rings. The third kappa shape index (κ3) is 6.09. The van der Waals surface area contributed by atoms with Crippen molar-refractivity contribution in [2.45, 2.75) is 31.9 Å². The van der Waals surface area contributed by atoms with E-state index in [2.05, 4.69) is 5.32 Å². The van der Waals surface area contributed by atoms with Crippen LogP contribution in [0.1, 0.15) is 31.2 Å². The zero-order valence-corrected chi connectivity index (χ0v) is 16.2. The van der Waals surface area contributed by atoms with Gasteiger partial charge in [0.1, 0.15) is 0 Å². The number of nitrogens with one attached hydrogen (secondary N) is 1. The molecule has 3 rings (SSSR count). The standard InChI is InChI=1S/C20H26F3N3O3/c21-20(22,23)16-2-4-17(5-3-16)24-19(28)26-9-1-8-25(10-11-26)18(27)14-15-6-12-29-13-7-15/h2-5,15H,1,6-14H2,(H,24,28). The number of ether oxygens (including phenoxy) is 1. The van der Waals surface area contributed by atoms with Gasteiger partial charge >= 0.3 is 12.2 Å². The van der Waals surface area contributed by atoms with Gasteiger partial charge in [0, 0.05) is 51.5 Å². The SMILES string of the molecule is O=C(CC1CCOCC1)N1CCCN(C(=O)Nc2ccc(C(F)(F)F)cc2)CC1. The summed E-state index contributed by atoms with van der Waals surface area (Å²) in [6.07, 6.45) is -1.42. The molecule has 0 bridgehead atoms. The van der Waals surface area contributed by atoms with Crippen molar-refractivity contribution in [3.8, 4) is 0 Å². The van der Waals surface area contributed by atoms with Crippen LogP contribution in [-0.4, -0.2) is 61.1 Å². The smallest absolute Gasteiger partial charge is 0.381 e. The molecule has 9 heteroatoms. The fourth-order valence-corrected chi connectivity index (χ4v) is 3.64. The van der Waals surface area contributed by atoms with Crippen LogP contribution in [0.3, 0.4) is 0 Å². The van der Waals surface area contributed by atoms with E-state index < -0.39 is 11.7 Å². The van der Waals surface area contributed by atoms with Crippen molar-refractivity contribution in [2.75, 3.05) is 44.7 Å². The van der Waals surface area contributed by atoms with Gasteiger partial charge in [0.15, 0.2) is 0 Å². The summed E-state index contributed by atoms with van der Waals surface area (Å²) in [6.45, 7) is 3.36. The first-order chi connectivity index (χ1) is 13.8. The highest BCUT2D eigenvalue weighted by atomic mass is 19.4. The highest BCUT2D eigenvalue weighted by Gasteiger charge is 2.30. The van der Waals surface area contributed by atoms with Crippen LogP contribution >= 0.6 is 0 Å². The van der Waals surface area contributed by atoms with Crippen molar-refractivity contribution in [1.82, 2.24) is 9.80 Å². The zero-order valence-electron chi connectivity index (χ0n) is 16.2. The number of alkyl halides is 3. The normalized spacial score (nSPS) is 19.0. The molecule has 2 aliphatic rings. The monoisotopic (exact) mass is 413 g/mol. The molecular weight excluding hydrogens is 387 g/mol. The van der Waals surface area contributed by atoms with Crippen LogP contribution in [-0.2, 0) is 15.7 Å². The number of nitrogens with zero attached hydrogens (tertiary/aromatic N) is 2. The fourth-order valence-electron chi connectivity index (χ4n) is 3.64. The Morgan fingerprint density at radius 2 is 1.62 bits per heavy atom. The Bertz CT molecular complexity index is 703. The number of hydrogen-bond acceptors (Lipinski definition) is 3. The molecule has 1 aromatic carbocycles. The second-order valence-corrected chi connectivity index (χ2v) is 7.49. The van der Waals surface area contributed by atoms with E-state index in [-0.39, 0.29) is 11.9 Å². The summed E-state index contributed by atoms with van der Waals surface area (Å²) < 4.78 is 43.2. The first kappa shape index (κ1) is 21.4. The Kier molecular flexibility index (Phi) is 7.00. The van der Waals surface area contributed by atoms with Crippen molar-refractivity contribution in [3.05, 3.63) is 29.8 Å². The summed E-state index contributed by atoms with van der Waals surface area (Å²) in [4.78, 5) is 28.4. The third-order valence-corrected chi connectivity index (χ3v) is 5.40. The maximum absolute atomic E-state index is 12.6. The van der Waals surface area contributed by atoms with E-state index in [4.69, 9.17) is 4.74 Å². The van der Waals surface area contributed by atoms with Crippen LogP contribution in [0, 0.1) is 5.92 Å². The van der Waals surface area contributed by atoms with Crippen LogP contribution < -0.4 is 5.32 Å². The Morgan fingerprint density at radius 1 is 1.00 bits per heavy atom. The molecule has 160 valence electrons. The molecule has 29 heavy (non-hydrogen) atoms. The highest BCUT2D eigenvalue weighted by molar-refractivity contribution is 5.89. The van der Waals surface area contributed by atoms with Crippen molar-refractivity contribution in [1.29, 1.82) is 0 Å². The molecule has 2 saturated heterocycles. The van der Waals surface area contributed by atoms with Crippen LogP contribution in [0.5, 0.6) is 0 Å². The van der Waals surface area contributed by atoms with Gasteiger partial charge in [0.05, 0.1) is 5.56 Å². The van der Waals surface area contributed by atoms with E-state index in [9.17, 15) is 22.8 Å².